The number of piperidine rings is 1. The van der Waals surface area contributed by atoms with Gasteiger partial charge in [-0.3, -0.25) is 9.36 Å². The van der Waals surface area contributed by atoms with Crippen LogP contribution in [0, 0.1) is 0 Å². The van der Waals surface area contributed by atoms with Gasteiger partial charge >= 0.3 is 0 Å². The van der Waals surface area contributed by atoms with Gasteiger partial charge in [0.1, 0.15) is 5.69 Å². The van der Waals surface area contributed by atoms with Gasteiger partial charge in [0.25, 0.3) is 0 Å². The SMILES string of the molecule is O=Cc1c(Cl)nc(N2CCCCC2)n1-c1ccc(Cl)cc1. The van der Waals surface area contributed by atoms with Crippen molar-refractivity contribution in [3.63, 3.8) is 0 Å². The zero-order valence-corrected chi connectivity index (χ0v) is 12.9. The molecule has 110 valence electrons. The minimum Gasteiger partial charge on any atom is -0.342 e. The van der Waals surface area contributed by atoms with Crippen molar-refractivity contribution in [1.82, 2.24) is 9.55 Å². The molecule has 1 aliphatic heterocycles. The molecule has 2 aromatic rings. The van der Waals surface area contributed by atoms with Gasteiger partial charge in [-0.25, -0.2) is 0 Å². The van der Waals surface area contributed by atoms with E-state index >= 15 is 0 Å². The Morgan fingerprint density at radius 2 is 1.71 bits per heavy atom. The van der Waals surface area contributed by atoms with Crippen molar-refractivity contribution in [3.8, 4) is 5.69 Å². The van der Waals surface area contributed by atoms with E-state index in [1.807, 2.05) is 12.1 Å². The molecule has 0 atom stereocenters. The van der Waals surface area contributed by atoms with Crippen LogP contribution >= 0.6 is 23.2 Å². The lowest BCUT2D eigenvalue weighted by molar-refractivity contribution is 0.111. The van der Waals surface area contributed by atoms with Crippen LogP contribution in [0.1, 0.15) is 29.8 Å². The molecular formula is C15H15Cl2N3O. The number of carbonyl (C=O) groups is 1. The zero-order chi connectivity index (χ0) is 14.8. The number of nitrogens with zero attached hydrogens (tertiary/aromatic N) is 3. The average Bonchev–Trinajstić information content (AvgIpc) is 2.85. The Bertz CT molecular complexity index is 646. The highest BCUT2D eigenvalue weighted by Crippen LogP contribution is 2.29. The largest absolute Gasteiger partial charge is 0.342 e. The van der Waals surface area contributed by atoms with Gasteiger partial charge in [-0.1, -0.05) is 23.2 Å². The van der Waals surface area contributed by atoms with Crippen LogP contribution in [0.2, 0.25) is 10.2 Å². The number of benzene rings is 1. The van der Waals surface area contributed by atoms with Crippen molar-refractivity contribution in [1.29, 1.82) is 0 Å². The van der Waals surface area contributed by atoms with E-state index in [1.165, 1.54) is 6.42 Å². The van der Waals surface area contributed by atoms with Crippen molar-refractivity contribution in [2.45, 2.75) is 19.3 Å². The van der Waals surface area contributed by atoms with E-state index in [0.717, 1.165) is 43.9 Å². The second-order valence-corrected chi connectivity index (χ2v) is 5.86. The lowest BCUT2D eigenvalue weighted by Crippen LogP contribution is -2.31. The Morgan fingerprint density at radius 3 is 2.33 bits per heavy atom. The normalized spacial score (nSPS) is 15.2. The molecule has 21 heavy (non-hydrogen) atoms. The van der Waals surface area contributed by atoms with Crippen molar-refractivity contribution in [2.75, 3.05) is 18.0 Å². The van der Waals surface area contributed by atoms with E-state index in [0.29, 0.717) is 10.7 Å². The molecule has 0 bridgehead atoms. The zero-order valence-electron chi connectivity index (χ0n) is 11.4. The smallest absolute Gasteiger partial charge is 0.212 e. The topological polar surface area (TPSA) is 38.1 Å². The highest BCUT2D eigenvalue weighted by molar-refractivity contribution is 6.32. The fourth-order valence-electron chi connectivity index (χ4n) is 2.65. The maximum absolute atomic E-state index is 11.4. The van der Waals surface area contributed by atoms with E-state index in [-0.39, 0.29) is 5.15 Å². The lowest BCUT2D eigenvalue weighted by Gasteiger charge is -2.28. The maximum atomic E-state index is 11.4. The van der Waals surface area contributed by atoms with Crippen molar-refractivity contribution >= 4 is 35.4 Å². The summed E-state index contributed by atoms with van der Waals surface area (Å²) >= 11 is 12.1. The maximum Gasteiger partial charge on any atom is 0.212 e. The second kappa shape index (κ2) is 6.08. The molecular weight excluding hydrogens is 309 g/mol. The molecule has 0 unspecified atom stereocenters. The molecule has 1 aromatic carbocycles. The number of imidazole rings is 1. The molecule has 0 aliphatic carbocycles. The Morgan fingerprint density at radius 1 is 1.05 bits per heavy atom. The molecule has 4 nitrogen and oxygen atoms in total. The van der Waals surface area contributed by atoms with E-state index < -0.39 is 0 Å². The number of aromatic nitrogens is 2. The standard InChI is InChI=1S/C15H15Cl2N3O/c16-11-4-6-12(7-5-11)20-13(10-21)14(17)18-15(20)19-8-2-1-3-9-19/h4-7,10H,1-3,8-9H2. The molecule has 1 saturated heterocycles. The molecule has 0 radical (unpaired) electrons. The molecule has 6 heteroatoms. The van der Waals surface area contributed by atoms with E-state index in [4.69, 9.17) is 23.2 Å². The number of hydrogen-bond donors (Lipinski definition) is 0. The first kappa shape index (κ1) is 14.4. The fraction of sp³-hybridized carbons (Fsp3) is 0.333. The minimum atomic E-state index is 0.237. The summed E-state index contributed by atoms with van der Waals surface area (Å²) in [5, 5.41) is 0.887. The van der Waals surface area contributed by atoms with Gasteiger partial charge in [0.05, 0.1) is 0 Å². The highest BCUT2D eigenvalue weighted by atomic mass is 35.5. The summed E-state index contributed by atoms with van der Waals surface area (Å²) < 4.78 is 1.80. The predicted molar refractivity (Wildman–Crippen MR) is 85.0 cm³/mol. The lowest BCUT2D eigenvalue weighted by atomic mass is 10.1. The van der Waals surface area contributed by atoms with Crippen LogP contribution in [0.15, 0.2) is 24.3 Å². The van der Waals surface area contributed by atoms with E-state index in [1.54, 1.807) is 16.7 Å². The van der Waals surface area contributed by atoms with Crippen molar-refractivity contribution < 1.29 is 4.79 Å². The summed E-state index contributed by atoms with van der Waals surface area (Å²) in [4.78, 5) is 18.0. The van der Waals surface area contributed by atoms with Gasteiger partial charge in [-0.05, 0) is 43.5 Å². The molecule has 0 saturated carbocycles. The fourth-order valence-corrected chi connectivity index (χ4v) is 2.98. The quantitative estimate of drug-likeness (QED) is 0.802. The Hall–Kier alpha value is -1.52. The van der Waals surface area contributed by atoms with E-state index in [9.17, 15) is 4.79 Å². The molecule has 1 fully saturated rings. The van der Waals surface area contributed by atoms with Gasteiger partial charge in [-0.2, -0.15) is 4.98 Å². The summed E-state index contributed by atoms with van der Waals surface area (Å²) in [6.07, 6.45) is 4.23. The molecule has 1 aromatic heterocycles. The van der Waals surface area contributed by atoms with Crippen LogP contribution in [0.4, 0.5) is 5.95 Å². The van der Waals surface area contributed by atoms with Crippen molar-refractivity contribution in [2.24, 2.45) is 0 Å². The number of rotatable bonds is 3. The van der Waals surface area contributed by atoms with Crippen LogP contribution in [0.5, 0.6) is 0 Å². The third-order valence-electron chi connectivity index (χ3n) is 3.69. The van der Waals surface area contributed by atoms with Crippen LogP contribution < -0.4 is 4.90 Å². The van der Waals surface area contributed by atoms with Gasteiger partial charge in [0, 0.05) is 23.8 Å². The first-order valence-corrected chi connectivity index (χ1v) is 7.70. The Balaban J connectivity index is 2.11. The highest BCUT2D eigenvalue weighted by Gasteiger charge is 2.22. The van der Waals surface area contributed by atoms with E-state index in [2.05, 4.69) is 9.88 Å². The molecule has 0 N–H and O–H groups in total. The van der Waals surface area contributed by atoms with Gasteiger partial charge in [0.15, 0.2) is 11.4 Å². The van der Waals surface area contributed by atoms with Crippen LogP contribution in [-0.2, 0) is 0 Å². The predicted octanol–water partition coefficient (Wildman–Crippen LogP) is 3.98. The van der Waals surface area contributed by atoms with Gasteiger partial charge < -0.3 is 4.90 Å². The Kier molecular flexibility index (Phi) is 4.17. The summed E-state index contributed by atoms with van der Waals surface area (Å²) in [5.41, 5.74) is 1.21. The first-order chi connectivity index (χ1) is 10.2. The summed E-state index contributed by atoms with van der Waals surface area (Å²) in [5.74, 6) is 0.726. The first-order valence-electron chi connectivity index (χ1n) is 6.95. The molecule has 0 spiro atoms. The van der Waals surface area contributed by atoms with Gasteiger partial charge in [0.2, 0.25) is 5.95 Å². The number of carbonyl (C=O) groups excluding carboxylic acids is 1. The second-order valence-electron chi connectivity index (χ2n) is 5.07. The Labute approximate surface area is 133 Å². The van der Waals surface area contributed by atoms with Crippen molar-refractivity contribution in [3.05, 3.63) is 40.1 Å². The average molecular weight is 324 g/mol. The monoisotopic (exact) mass is 323 g/mol. The summed E-state index contributed by atoms with van der Waals surface area (Å²) in [6, 6.07) is 7.31. The van der Waals surface area contributed by atoms with Crippen LogP contribution in [0.3, 0.4) is 0 Å². The number of hydrogen-bond acceptors (Lipinski definition) is 3. The van der Waals surface area contributed by atoms with Crippen LogP contribution in [0.25, 0.3) is 5.69 Å². The number of anilines is 1. The number of aldehydes is 1. The molecule has 0 amide bonds. The third kappa shape index (κ3) is 2.78. The molecule has 3 rings (SSSR count). The molecule has 1 aliphatic rings. The van der Waals surface area contributed by atoms with Gasteiger partial charge in [-0.15, -0.1) is 0 Å². The molecule has 2 heterocycles. The minimum absolute atomic E-state index is 0.237. The third-order valence-corrected chi connectivity index (χ3v) is 4.22. The van der Waals surface area contributed by atoms with Crippen LogP contribution in [-0.4, -0.2) is 28.9 Å². The summed E-state index contributed by atoms with van der Waals surface area (Å²) in [6.45, 7) is 1.86. The number of halogens is 2. The summed E-state index contributed by atoms with van der Waals surface area (Å²) in [7, 11) is 0.